The molecule has 0 unspecified atom stereocenters. The molecule has 39 heavy (non-hydrogen) atoms. The number of aromatic amines is 1. The minimum atomic E-state index is -1.12. The molecular weight excluding hydrogens is 494 g/mol. The van der Waals surface area contributed by atoms with E-state index in [9.17, 15) is 9.59 Å². The molecule has 2 atom stereocenters. The van der Waals surface area contributed by atoms with Gasteiger partial charge < -0.3 is 29.4 Å². The molecule has 8 nitrogen and oxygen atoms in total. The van der Waals surface area contributed by atoms with Gasteiger partial charge in [-0.05, 0) is 68.9 Å². The molecule has 2 aliphatic heterocycles. The zero-order valence-electron chi connectivity index (χ0n) is 23.2. The molecule has 0 bridgehead atoms. The first-order chi connectivity index (χ1) is 18.9. The molecule has 1 fully saturated rings. The molecule has 0 radical (unpaired) electrons. The summed E-state index contributed by atoms with van der Waals surface area (Å²) in [6.07, 6.45) is 3.16. The maximum atomic E-state index is 14.1. The molecule has 2 N–H and O–H groups in total. The number of benzene rings is 2. The largest absolute Gasteiger partial charge is 0.490 e. The van der Waals surface area contributed by atoms with E-state index in [4.69, 9.17) is 14.6 Å². The fourth-order valence-electron chi connectivity index (χ4n) is 6.09. The molecule has 2 aromatic carbocycles. The number of H-pyrrole nitrogens is 1. The molecule has 0 aliphatic carbocycles. The fourth-order valence-corrected chi connectivity index (χ4v) is 6.09. The monoisotopic (exact) mass is 533 g/mol. The Morgan fingerprint density at radius 1 is 1.05 bits per heavy atom. The third-order valence-electron chi connectivity index (χ3n) is 8.04. The van der Waals surface area contributed by atoms with Crippen LogP contribution in [-0.4, -0.2) is 71.2 Å². The highest BCUT2D eigenvalue weighted by atomic mass is 16.5. The molecule has 1 saturated heterocycles. The number of aliphatic hydroxyl groups excluding tert-OH is 1. The number of hydrogen-bond acceptors (Lipinski definition) is 5. The van der Waals surface area contributed by atoms with Gasteiger partial charge in [0.15, 0.2) is 17.0 Å². The van der Waals surface area contributed by atoms with Gasteiger partial charge in [-0.1, -0.05) is 31.2 Å². The topological polar surface area (TPSA) is 95.1 Å². The molecule has 3 aromatic rings. The first-order valence-electron chi connectivity index (χ1n) is 14.1. The molecule has 2 amide bonds. The van der Waals surface area contributed by atoms with Gasteiger partial charge in [-0.25, -0.2) is 0 Å². The second-order valence-corrected chi connectivity index (χ2v) is 10.6. The first-order valence-corrected chi connectivity index (χ1v) is 14.1. The Labute approximate surface area is 229 Å². The second kappa shape index (κ2) is 11.3. The van der Waals surface area contributed by atoms with Crippen LogP contribution in [0.25, 0.3) is 10.9 Å². The van der Waals surface area contributed by atoms with E-state index in [1.165, 1.54) is 0 Å². The molecule has 208 valence electrons. The molecular formula is C31H39N3O5. The van der Waals surface area contributed by atoms with Crippen LogP contribution in [0.3, 0.4) is 0 Å². The number of nitrogens with zero attached hydrogens (tertiary/aromatic N) is 2. The summed E-state index contributed by atoms with van der Waals surface area (Å²) in [5, 5.41) is 10.2. The Morgan fingerprint density at radius 2 is 1.87 bits per heavy atom. The van der Waals surface area contributed by atoms with Crippen LogP contribution in [0.2, 0.25) is 0 Å². The van der Waals surface area contributed by atoms with Gasteiger partial charge in [-0.2, -0.15) is 0 Å². The van der Waals surface area contributed by atoms with Crippen LogP contribution in [0.5, 0.6) is 11.5 Å². The van der Waals surface area contributed by atoms with Gasteiger partial charge in [-0.3, -0.25) is 9.59 Å². The smallest absolute Gasteiger partial charge is 0.254 e. The van der Waals surface area contributed by atoms with Gasteiger partial charge in [0, 0.05) is 36.5 Å². The normalized spacial score (nSPS) is 20.8. The van der Waals surface area contributed by atoms with Crippen molar-refractivity contribution in [3.8, 4) is 11.5 Å². The van der Waals surface area contributed by atoms with Crippen LogP contribution in [0.15, 0.2) is 42.5 Å². The van der Waals surface area contributed by atoms with Crippen molar-refractivity contribution in [2.75, 3.05) is 39.5 Å². The van der Waals surface area contributed by atoms with E-state index in [1.807, 2.05) is 44.2 Å². The van der Waals surface area contributed by atoms with Crippen LogP contribution in [0.4, 0.5) is 0 Å². The number of ether oxygens (including phenoxy) is 2. The van der Waals surface area contributed by atoms with Crippen molar-refractivity contribution >= 4 is 22.7 Å². The summed E-state index contributed by atoms with van der Waals surface area (Å²) < 4.78 is 11.9. The van der Waals surface area contributed by atoms with Gasteiger partial charge in [-0.15, -0.1) is 0 Å². The van der Waals surface area contributed by atoms with E-state index in [2.05, 4.69) is 24.0 Å². The minimum Gasteiger partial charge on any atom is -0.490 e. The van der Waals surface area contributed by atoms with E-state index in [-0.39, 0.29) is 30.9 Å². The second-order valence-electron chi connectivity index (χ2n) is 10.6. The average Bonchev–Trinajstić information content (AvgIpc) is 3.34. The summed E-state index contributed by atoms with van der Waals surface area (Å²) in [5.41, 5.74) is 2.68. The summed E-state index contributed by atoms with van der Waals surface area (Å²) in [4.78, 5) is 34.8. The Morgan fingerprint density at radius 3 is 2.64 bits per heavy atom. The summed E-state index contributed by atoms with van der Waals surface area (Å²) in [7, 11) is 0. The van der Waals surface area contributed by atoms with Crippen molar-refractivity contribution in [3.63, 3.8) is 0 Å². The predicted molar refractivity (Wildman–Crippen MR) is 150 cm³/mol. The van der Waals surface area contributed by atoms with Gasteiger partial charge in [0.05, 0.1) is 25.5 Å². The summed E-state index contributed by atoms with van der Waals surface area (Å²) >= 11 is 0. The predicted octanol–water partition coefficient (Wildman–Crippen LogP) is 4.55. The lowest BCUT2D eigenvalue weighted by Crippen LogP contribution is -2.67. The van der Waals surface area contributed by atoms with Crippen LogP contribution in [-0.2, 0) is 15.1 Å². The molecule has 2 aliphatic rings. The van der Waals surface area contributed by atoms with E-state index >= 15 is 0 Å². The number of aromatic nitrogens is 1. The fraction of sp³-hybridized carbons (Fsp3) is 0.484. The maximum Gasteiger partial charge on any atom is 0.254 e. The number of carbonyl (C=O) groups is 2. The number of piperazine rings is 1. The van der Waals surface area contributed by atoms with E-state index in [0.717, 1.165) is 47.0 Å². The summed E-state index contributed by atoms with van der Waals surface area (Å²) in [6, 6.07) is 14.1. The number of hydrogen-bond donors (Lipinski definition) is 2. The third kappa shape index (κ3) is 4.75. The van der Waals surface area contributed by atoms with Crippen molar-refractivity contribution in [1.29, 1.82) is 0 Å². The average molecular weight is 534 g/mol. The SMILES string of the molecule is CCCOc1ccc([C@@H]2CN3C(=O)CN(CCCCCO)C(=O)[C@]3(C)c3[nH]c4ccccc4c32)cc1OCC. The lowest BCUT2D eigenvalue weighted by molar-refractivity contribution is -0.166. The first kappa shape index (κ1) is 27.1. The minimum absolute atomic E-state index is 0.0542. The molecule has 8 heteroatoms. The van der Waals surface area contributed by atoms with Crippen LogP contribution in [0, 0.1) is 0 Å². The molecule has 5 rings (SSSR count). The lowest BCUT2D eigenvalue weighted by Gasteiger charge is -2.51. The molecule has 3 heterocycles. The number of rotatable bonds is 11. The lowest BCUT2D eigenvalue weighted by atomic mass is 9.76. The van der Waals surface area contributed by atoms with E-state index in [1.54, 1.807) is 9.80 Å². The quantitative estimate of drug-likeness (QED) is 0.353. The Hall–Kier alpha value is -3.52. The number of fused-ring (bicyclic) bond motifs is 5. The third-order valence-corrected chi connectivity index (χ3v) is 8.04. The van der Waals surface area contributed by atoms with Crippen LogP contribution < -0.4 is 9.47 Å². The number of nitrogens with one attached hydrogen (secondary N) is 1. The standard InChI is InChI=1S/C31H39N3O5/c1-4-17-39-25-14-13-21(18-26(25)38-5-2)23-19-34-27(36)20-33(15-9-6-10-16-35)30(37)31(34,3)29-28(23)22-11-7-8-12-24(22)32-29/h7-8,11-14,18,23,32,35H,4-6,9-10,15-17,19-20H2,1-3H3/t23-,31-/m0/s1. The highest BCUT2D eigenvalue weighted by molar-refractivity contribution is 6.01. The highest BCUT2D eigenvalue weighted by Gasteiger charge is 2.56. The Balaban J connectivity index is 1.60. The van der Waals surface area contributed by atoms with E-state index < -0.39 is 5.54 Å². The van der Waals surface area contributed by atoms with Crippen molar-refractivity contribution in [2.45, 2.75) is 57.9 Å². The van der Waals surface area contributed by atoms with Crippen LogP contribution >= 0.6 is 0 Å². The number of carbonyl (C=O) groups excluding carboxylic acids is 2. The van der Waals surface area contributed by atoms with Crippen molar-refractivity contribution < 1.29 is 24.2 Å². The Kier molecular flexibility index (Phi) is 7.84. The number of para-hydroxylation sites is 1. The Bertz CT molecular complexity index is 1350. The van der Waals surface area contributed by atoms with Crippen molar-refractivity contribution in [2.24, 2.45) is 0 Å². The van der Waals surface area contributed by atoms with Gasteiger partial charge in [0.2, 0.25) is 5.91 Å². The zero-order valence-corrected chi connectivity index (χ0v) is 23.2. The van der Waals surface area contributed by atoms with Gasteiger partial charge in [0.1, 0.15) is 0 Å². The summed E-state index contributed by atoms with van der Waals surface area (Å²) in [5.74, 6) is 1.14. The van der Waals surface area contributed by atoms with E-state index in [0.29, 0.717) is 44.2 Å². The maximum absolute atomic E-state index is 14.1. The highest BCUT2D eigenvalue weighted by Crippen LogP contribution is 2.49. The molecule has 0 spiro atoms. The molecule has 1 aromatic heterocycles. The number of aliphatic hydroxyl groups is 1. The summed E-state index contributed by atoms with van der Waals surface area (Å²) in [6.45, 7) is 8.13. The van der Waals surface area contributed by atoms with Gasteiger partial charge >= 0.3 is 0 Å². The van der Waals surface area contributed by atoms with Crippen molar-refractivity contribution in [3.05, 3.63) is 59.3 Å². The van der Waals surface area contributed by atoms with Crippen molar-refractivity contribution in [1.82, 2.24) is 14.8 Å². The zero-order chi connectivity index (χ0) is 27.6. The number of amides is 2. The molecule has 0 saturated carbocycles. The van der Waals surface area contributed by atoms with Crippen LogP contribution in [0.1, 0.15) is 69.2 Å². The van der Waals surface area contributed by atoms with Gasteiger partial charge in [0.25, 0.3) is 5.91 Å². The number of unbranched alkanes of at least 4 members (excludes halogenated alkanes) is 2.